The number of hydrogen-bond acceptors (Lipinski definition) is 6. The summed E-state index contributed by atoms with van der Waals surface area (Å²) in [6.45, 7) is 10.3. The summed E-state index contributed by atoms with van der Waals surface area (Å²) in [5, 5.41) is 15.1. The lowest BCUT2D eigenvalue weighted by Crippen LogP contribution is -2.31. The maximum Gasteiger partial charge on any atom is 0.227 e. The number of nitrogens with one attached hydrogen (secondary N) is 3. The van der Waals surface area contributed by atoms with Crippen LogP contribution in [0.25, 0.3) is 10.9 Å². The molecule has 4 rings (SSSR count). The molecule has 7 nitrogen and oxygen atoms in total. The molecule has 1 fully saturated rings. The van der Waals surface area contributed by atoms with Crippen LogP contribution in [0.15, 0.2) is 24.4 Å². The van der Waals surface area contributed by atoms with Gasteiger partial charge >= 0.3 is 0 Å². The molecule has 0 amide bonds. The molecule has 1 atom stereocenters. The Balaban J connectivity index is 1.65. The molecule has 0 radical (unpaired) electrons. The van der Waals surface area contributed by atoms with E-state index in [0.717, 1.165) is 65.8 Å². The Hall–Kier alpha value is -2.67. The van der Waals surface area contributed by atoms with Gasteiger partial charge in [0.1, 0.15) is 5.82 Å². The first-order valence-electron chi connectivity index (χ1n) is 9.11. The lowest BCUT2D eigenvalue weighted by molar-refractivity contribution is 0.561. The first-order chi connectivity index (χ1) is 12.6. The average Bonchev–Trinajstić information content (AvgIpc) is 2.98. The van der Waals surface area contributed by atoms with Crippen molar-refractivity contribution in [1.29, 1.82) is 0 Å². The van der Waals surface area contributed by atoms with E-state index in [-0.39, 0.29) is 0 Å². The molecule has 3 N–H and O–H groups in total. The standard InChI is InChI=1S/C19H25N7/c1-12-9-20-6-7-26(11-12)19-22-14(3)13(2)18(24-19)23-16-4-5-17-15(8-16)10-21-25-17/h4-5,8,10,12,20H,6-7,9,11H2,1-3H3,(H,21,25)(H,22,23,24). The minimum atomic E-state index is 0.572. The van der Waals surface area contributed by atoms with E-state index in [1.54, 1.807) is 0 Å². The number of fused-ring (bicyclic) bond motifs is 1. The predicted octanol–water partition coefficient (Wildman–Crippen LogP) is 2.76. The van der Waals surface area contributed by atoms with Crippen molar-refractivity contribution in [2.24, 2.45) is 5.92 Å². The third-order valence-corrected chi connectivity index (χ3v) is 4.95. The highest BCUT2D eigenvalue weighted by Gasteiger charge is 2.19. The molecule has 1 aromatic carbocycles. The minimum absolute atomic E-state index is 0.572. The Labute approximate surface area is 153 Å². The average molecular weight is 351 g/mol. The molecule has 0 saturated carbocycles. The van der Waals surface area contributed by atoms with E-state index < -0.39 is 0 Å². The molecular weight excluding hydrogens is 326 g/mol. The summed E-state index contributed by atoms with van der Waals surface area (Å²) in [6.07, 6.45) is 1.83. The summed E-state index contributed by atoms with van der Waals surface area (Å²) in [4.78, 5) is 11.9. The van der Waals surface area contributed by atoms with E-state index in [0.29, 0.717) is 5.92 Å². The van der Waals surface area contributed by atoms with Gasteiger partial charge in [-0.15, -0.1) is 0 Å². The monoisotopic (exact) mass is 351 g/mol. The third-order valence-electron chi connectivity index (χ3n) is 4.95. The Bertz CT molecular complexity index is 917. The molecule has 1 aliphatic rings. The van der Waals surface area contributed by atoms with Crippen molar-refractivity contribution in [3.05, 3.63) is 35.7 Å². The summed E-state index contributed by atoms with van der Waals surface area (Å²) >= 11 is 0. The maximum atomic E-state index is 4.85. The fourth-order valence-electron chi connectivity index (χ4n) is 3.31. The first-order valence-corrected chi connectivity index (χ1v) is 9.11. The van der Waals surface area contributed by atoms with Crippen LogP contribution >= 0.6 is 0 Å². The van der Waals surface area contributed by atoms with Crippen LogP contribution in [0.3, 0.4) is 0 Å². The van der Waals surface area contributed by atoms with Crippen molar-refractivity contribution in [2.45, 2.75) is 20.8 Å². The maximum absolute atomic E-state index is 4.85. The number of rotatable bonds is 3. The quantitative estimate of drug-likeness (QED) is 0.673. The smallest absolute Gasteiger partial charge is 0.227 e. The van der Waals surface area contributed by atoms with Crippen molar-refractivity contribution in [3.8, 4) is 0 Å². The highest BCUT2D eigenvalue weighted by atomic mass is 15.3. The normalized spacial score (nSPS) is 18.1. The molecule has 0 spiro atoms. The molecule has 1 saturated heterocycles. The van der Waals surface area contributed by atoms with Crippen molar-refractivity contribution in [2.75, 3.05) is 36.4 Å². The van der Waals surface area contributed by atoms with Crippen molar-refractivity contribution in [1.82, 2.24) is 25.5 Å². The molecule has 1 unspecified atom stereocenters. The summed E-state index contributed by atoms with van der Waals surface area (Å²) in [5.74, 6) is 2.23. The van der Waals surface area contributed by atoms with Crippen LogP contribution in [0.1, 0.15) is 18.2 Å². The number of aromatic amines is 1. The highest BCUT2D eigenvalue weighted by molar-refractivity contribution is 5.82. The SMILES string of the molecule is Cc1nc(N2CCNCC(C)C2)nc(Nc2ccc3[nH]ncc3c2)c1C. The van der Waals surface area contributed by atoms with Gasteiger partial charge in [0.05, 0.1) is 11.7 Å². The van der Waals surface area contributed by atoms with E-state index in [2.05, 4.69) is 45.6 Å². The summed E-state index contributed by atoms with van der Waals surface area (Å²) in [5.41, 5.74) is 4.10. The number of nitrogens with zero attached hydrogens (tertiary/aromatic N) is 4. The Morgan fingerprint density at radius 1 is 1.23 bits per heavy atom. The first kappa shape index (κ1) is 16.8. The van der Waals surface area contributed by atoms with Crippen LogP contribution in [0.5, 0.6) is 0 Å². The molecule has 1 aliphatic heterocycles. The molecule has 136 valence electrons. The largest absolute Gasteiger partial charge is 0.340 e. The summed E-state index contributed by atoms with van der Waals surface area (Å²) in [6, 6.07) is 6.14. The molecule has 0 aliphatic carbocycles. The van der Waals surface area contributed by atoms with Crippen LogP contribution in [0, 0.1) is 19.8 Å². The zero-order chi connectivity index (χ0) is 18.1. The van der Waals surface area contributed by atoms with Gasteiger partial charge in [0, 0.05) is 42.0 Å². The van der Waals surface area contributed by atoms with Crippen LogP contribution in [0.2, 0.25) is 0 Å². The number of hydrogen-bond donors (Lipinski definition) is 3. The second-order valence-electron chi connectivity index (χ2n) is 7.13. The summed E-state index contributed by atoms with van der Waals surface area (Å²) < 4.78 is 0. The third kappa shape index (κ3) is 3.35. The van der Waals surface area contributed by atoms with Crippen LogP contribution in [-0.4, -0.2) is 46.3 Å². The zero-order valence-electron chi connectivity index (χ0n) is 15.5. The van der Waals surface area contributed by atoms with Gasteiger partial charge in [-0.25, -0.2) is 4.98 Å². The van der Waals surface area contributed by atoms with Crippen molar-refractivity contribution < 1.29 is 0 Å². The number of benzene rings is 1. The highest BCUT2D eigenvalue weighted by Crippen LogP contribution is 2.25. The van der Waals surface area contributed by atoms with Gasteiger partial charge < -0.3 is 15.5 Å². The van der Waals surface area contributed by atoms with E-state index in [1.165, 1.54) is 0 Å². The Morgan fingerprint density at radius 2 is 2.12 bits per heavy atom. The van der Waals surface area contributed by atoms with Gasteiger partial charge in [0.25, 0.3) is 0 Å². The lowest BCUT2D eigenvalue weighted by atomic mass is 10.2. The van der Waals surface area contributed by atoms with Gasteiger partial charge in [0.15, 0.2) is 0 Å². The number of H-pyrrole nitrogens is 1. The van der Waals surface area contributed by atoms with Crippen LogP contribution in [0.4, 0.5) is 17.5 Å². The van der Waals surface area contributed by atoms with E-state index >= 15 is 0 Å². The minimum Gasteiger partial charge on any atom is -0.340 e. The summed E-state index contributed by atoms with van der Waals surface area (Å²) in [7, 11) is 0. The molecule has 7 heteroatoms. The molecule has 3 heterocycles. The molecular formula is C19H25N7. The van der Waals surface area contributed by atoms with Gasteiger partial charge in [-0.1, -0.05) is 6.92 Å². The fraction of sp³-hybridized carbons (Fsp3) is 0.421. The Morgan fingerprint density at radius 3 is 3.00 bits per heavy atom. The lowest BCUT2D eigenvalue weighted by Gasteiger charge is -2.24. The van der Waals surface area contributed by atoms with Crippen molar-refractivity contribution >= 4 is 28.4 Å². The second kappa shape index (κ2) is 6.92. The van der Waals surface area contributed by atoms with E-state index in [1.807, 2.05) is 25.3 Å². The van der Waals surface area contributed by atoms with Crippen LogP contribution in [-0.2, 0) is 0 Å². The fourth-order valence-corrected chi connectivity index (χ4v) is 3.31. The van der Waals surface area contributed by atoms with Gasteiger partial charge in [0.2, 0.25) is 5.95 Å². The number of anilines is 3. The van der Waals surface area contributed by atoms with Gasteiger partial charge in [-0.05, 0) is 44.5 Å². The van der Waals surface area contributed by atoms with Gasteiger partial charge in [-0.2, -0.15) is 10.1 Å². The second-order valence-corrected chi connectivity index (χ2v) is 7.13. The van der Waals surface area contributed by atoms with Gasteiger partial charge in [-0.3, -0.25) is 5.10 Å². The van der Waals surface area contributed by atoms with E-state index in [4.69, 9.17) is 9.97 Å². The van der Waals surface area contributed by atoms with Crippen LogP contribution < -0.4 is 15.5 Å². The molecule has 2 aromatic heterocycles. The predicted molar refractivity (Wildman–Crippen MR) is 105 cm³/mol. The van der Waals surface area contributed by atoms with Crippen molar-refractivity contribution in [3.63, 3.8) is 0 Å². The zero-order valence-corrected chi connectivity index (χ0v) is 15.5. The van der Waals surface area contributed by atoms with E-state index in [9.17, 15) is 0 Å². The topological polar surface area (TPSA) is 81.8 Å². The number of aromatic nitrogens is 4. The molecule has 26 heavy (non-hydrogen) atoms. The Kier molecular flexibility index (Phi) is 4.46. The molecule has 3 aromatic rings. The number of aryl methyl sites for hydroxylation is 1. The molecule has 0 bridgehead atoms.